The van der Waals surface area contributed by atoms with Crippen molar-refractivity contribution in [1.29, 1.82) is 0 Å². The van der Waals surface area contributed by atoms with Gasteiger partial charge in [0.1, 0.15) is 17.3 Å². The molecule has 0 spiro atoms. The third-order valence-electron chi connectivity index (χ3n) is 3.94. The van der Waals surface area contributed by atoms with E-state index in [1.54, 1.807) is 6.07 Å². The molecule has 0 radical (unpaired) electrons. The smallest absolute Gasteiger partial charge is 0.369 e. The third kappa shape index (κ3) is 3.05. The van der Waals surface area contributed by atoms with Crippen molar-refractivity contribution in [3.8, 4) is 10.8 Å². The first-order valence-corrected chi connectivity index (χ1v) is 8.68. The molecule has 1 aliphatic rings. The van der Waals surface area contributed by atoms with Gasteiger partial charge in [-0.3, -0.25) is 4.79 Å². The van der Waals surface area contributed by atoms with Crippen LogP contribution in [-0.2, 0) is 11.3 Å². The molecule has 2 aromatic heterocycles. The number of thiophene rings is 1. The van der Waals surface area contributed by atoms with Crippen LogP contribution in [0.25, 0.3) is 5.00 Å². The molecule has 1 atom stereocenters. The van der Waals surface area contributed by atoms with E-state index in [0.717, 1.165) is 16.0 Å². The molecule has 9 heteroatoms. The van der Waals surface area contributed by atoms with E-state index in [-0.39, 0.29) is 18.5 Å². The maximum Gasteiger partial charge on any atom is 0.369 e. The van der Waals surface area contributed by atoms with Gasteiger partial charge in [0.25, 0.3) is 0 Å². The number of fused-ring (bicyclic) bond motifs is 1. The lowest BCUT2D eigenvalue weighted by Crippen LogP contribution is -2.37. The van der Waals surface area contributed by atoms with Crippen LogP contribution in [0.2, 0.25) is 0 Å². The van der Waals surface area contributed by atoms with Crippen molar-refractivity contribution in [2.75, 3.05) is 6.61 Å². The first-order chi connectivity index (χ1) is 12.2. The molecule has 0 fully saturated rings. The van der Waals surface area contributed by atoms with Crippen LogP contribution in [0, 0.1) is 0 Å². The minimum absolute atomic E-state index is 0.138. The molecule has 3 heterocycles. The number of benzene rings is 1. The van der Waals surface area contributed by atoms with E-state index in [1.165, 1.54) is 16.0 Å². The van der Waals surface area contributed by atoms with Crippen LogP contribution in [0.4, 0.5) is 0 Å². The predicted octanol–water partition coefficient (Wildman–Crippen LogP) is 1.13. The molecule has 1 amide bonds. The topological polar surface area (TPSA) is 91.0 Å². The van der Waals surface area contributed by atoms with E-state index in [4.69, 9.17) is 4.74 Å². The zero-order chi connectivity index (χ0) is 17.2. The van der Waals surface area contributed by atoms with E-state index in [1.807, 2.05) is 35.7 Å². The molecule has 0 bridgehead atoms. The molecule has 1 N–H and O–H groups in total. The lowest BCUT2D eigenvalue weighted by molar-refractivity contribution is -0.122. The fraction of sp³-hybridized carbons (Fsp3) is 0.250. The van der Waals surface area contributed by atoms with Crippen molar-refractivity contribution >= 4 is 17.2 Å². The summed E-state index contributed by atoms with van der Waals surface area (Å²) < 4.78 is 7.82. The van der Waals surface area contributed by atoms with Gasteiger partial charge in [-0.15, -0.1) is 11.3 Å². The van der Waals surface area contributed by atoms with Crippen molar-refractivity contribution in [2.45, 2.75) is 19.0 Å². The van der Waals surface area contributed by atoms with Crippen LogP contribution in [-0.4, -0.2) is 32.3 Å². The fourth-order valence-electron chi connectivity index (χ4n) is 2.77. The van der Waals surface area contributed by atoms with Crippen molar-refractivity contribution in [3.63, 3.8) is 0 Å². The summed E-state index contributed by atoms with van der Waals surface area (Å²) in [6.45, 7) is 0.361. The van der Waals surface area contributed by atoms with Gasteiger partial charge in [0, 0.05) is 12.0 Å². The van der Waals surface area contributed by atoms with E-state index < -0.39 is 5.69 Å². The minimum Gasteiger partial charge on any atom is -0.493 e. The average Bonchev–Trinajstić information content (AvgIpc) is 3.26. The first-order valence-electron chi connectivity index (χ1n) is 7.80. The number of carbonyl (C=O) groups excluding carboxylic acids is 1. The summed E-state index contributed by atoms with van der Waals surface area (Å²) in [5.74, 6) is 0.488. The third-order valence-corrected chi connectivity index (χ3v) is 4.79. The van der Waals surface area contributed by atoms with Crippen molar-refractivity contribution in [1.82, 2.24) is 25.1 Å². The number of hydrogen-bond donors (Lipinski definition) is 1. The largest absolute Gasteiger partial charge is 0.493 e. The molecule has 128 valence electrons. The van der Waals surface area contributed by atoms with Crippen LogP contribution >= 0.6 is 11.3 Å². The number of tetrazole rings is 1. The number of para-hydroxylation sites is 1. The Morgan fingerprint density at radius 3 is 3.00 bits per heavy atom. The van der Waals surface area contributed by atoms with Crippen LogP contribution in [0.1, 0.15) is 18.0 Å². The maximum atomic E-state index is 12.4. The molecule has 4 rings (SSSR count). The quantitative estimate of drug-likeness (QED) is 0.756. The van der Waals surface area contributed by atoms with Crippen LogP contribution < -0.4 is 15.7 Å². The van der Waals surface area contributed by atoms with E-state index in [2.05, 4.69) is 15.7 Å². The van der Waals surface area contributed by atoms with Gasteiger partial charge in [0.15, 0.2) is 0 Å². The van der Waals surface area contributed by atoms with Gasteiger partial charge in [0.2, 0.25) is 5.91 Å². The van der Waals surface area contributed by atoms with Crippen LogP contribution in [0.15, 0.2) is 46.6 Å². The highest BCUT2D eigenvalue weighted by molar-refractivity contribution is 7.12. The van der Waals surface area contributed by atoms with E-state index >= 15 is 0 Å². The Balaban J connectivity index is 1.48. The average molecular weight is 357 g/mol. The summed E-state index contributed by atoms with van der Waals surface area (Å²) in [5, 5.41) is 13.1. The first kappa shape index (κ1) is 15.6. The van der Waals surface area contributed by atoms with Gasteiger partial charge >= 0.3 is 5.69 Å². The number of aromatic nitrogens is 4. The van der Waals surface area contributed by atoms with Gasteiger partial charge in [-0.2, -0.15) is 9.36 Å². The highest BCUT2D eigenvalue weighted by atomic mass is 32.1. The van der Waals surface area contributed by atoms with E-state index in [9.17, 15) is 9.59 Å². The molecule has 1 aromatic carbocycles. The molecule has 8 nitrogen and oxygen atoms in total. The predicted molar refractivity (Wildman–Crippen MR) is 90.9 cm³/mol. The molecule has 0 saturated carbocycles. The highest BCUT2D eigenvalue weighted by Gasteiger charge is 2.23. The Morgan fingerprint density at radius 1 is 1.28 bits per heavy atom. The maximum absolute atomic E-state index is 12.4. The molecule has 1 unspecified atom stereocenters. The molecule has 25 heavy (non-hydrogen) atoms. The molecule has 0 aliphatic carbocycles. The normalized spacial score (nSPS) is 16.1. The van der Waals surface area contributed by atoms with Crippen LogP contribution in [0.5, 0.6) is 5.75 Å². The zero-order valence-corrected chi connectivity index (χ0v) is 14.0. The number of hydrogen-bond acceptors (Lipinski definition) is 6. The molecule has 3 aromatic rings. The second-order valence-electron chi connectivity index (χ2n) is 5.58. The van der Waals surface area contributed by atoms with Gasteiger partial charge in [-0.25, -0.2) is 4.79 Å². The standard InChI is InChI=1S/C16H15N5O3S/c22-14(17-12-7-8-24-13-5-2-1-4-11(12)13)10-20-16(23)21(19-18-20)15-6-3-9-25-15/h1-6,9,12H,7-8,10H2,(H,17,22). The summed E-state index contributed by atoms with van der Waals surface area (Å²) in [6, 6.07) is 11.1. The Hall–Kier alpha value is -2.94. The van der Waals surface area contributed by atoms with Crippen LogP contribution in [0.3, 0.4) is 0 Å². The summed E-state index contributed by atoms with van der Waals surface area (Å²) in [6.07, 6.45) is 0.680. The molecular formula is C16H15N5O3S. The fourth-order valence-corrected chi connectivity index (χ4v) is 3.44. The van der Waals surface area contributed by atoms with Gasteiger partial charge in [-0.1, -0.05) is 18.2 Å². The van der Waals surface area contributed by atoms with Crippen molar-refractivity contribution in [2.24, 2.45) is 0 Å². The Kier molecular flexibility index (Phi) is 4.06. The minimum atomic E-state index is -0.440. The van der Waals surface area contributed by atoms with E-state index in [0.29, 0.717) is 18.0 Å². The second-order valence-corrected chi connectivity index (χ2v) is 6.50. The highest BCUT2D eigenvalue weighted by Crippen LogP contribution is 2.31. The SMILES string of the molecule is O=C(Cn1nnn(-c2cccs2)c1=O)NC1CCOc2ccccc21. The van der Waals surface area contributed by atoms with Crippen molar-refractivity contribution in [3.05, 3.63) is 57.8 Å². The monoisotopic (exact) mass is 357 g/mol. The number of carbonyl (C=O) groups is 1. The number of ether oxygens (including phenoxy) is 1. The molecule has 0 saturated heterocycles. The lowest BCUT2D eigenvalue weighted by Gasteiger charge is -2.26. The van der Waals surface area contributed by atoms with Gasteiger partial charge in [0.05, 0.1) is 12.6 Å². The Labute approximate surface area is 146 Å². The van der Waals surface area contributed by atoms with Crippen molar-refractivity contribution < 1.29 is 9.53 Å². The number of rotatable bonds is 4. The Bertz CT molecular complexity index is 947. The van der Waals surface area contributed by atoms with Gasteiger partial charge < -0.3 is 10.1 Å². The summed E-state index contributed by atoms with van der Waals surface area (Å²) in [7, 11) is 0. The molecule has 1 aliphatic heterocycles. The molecular weight excluding hydrogens is 342 g/mol. The summed E-state index contributed by atoms with van der Waals surface area (Å²) in [4.78, 5) is 24.7. The second kappa shape index (κ2) is 6.52. The lowest BCUT2D eigenvalue weighted by atomic mass is 10.0. The number of nitrogens with zero attached hydrogens (tertiary/aromatic N) is 4. The summed E-state index contributed by atoms with van der Waals surface area (Å²) in [5.41, 5.74) is 0.502. The Morgan fingerprint density at radius 2 is 2.16 bits per heavy atom. The number of amides is 1. The number of nitrogens with one attached hydrogen (secondary N) is 1. The van der Waals surface area contributed by atoms with Gasteiger partial charge in [-0.05, 0) is 34.0 Å². The summed E-state index contributed by atoms with van der Waals surface area (Å²) >= 11 is 1.38. The zero-order valence-electron chi connectivity index (χ0n) is 13.2.